The Bertz CT molecular complexity index is 381. The summed E-state index contributed by atoms with van der Waals surface area (Å²) in [4.78, 5) is 26.5. The second-order valence-electron chi connectivity index (χ2n) is 7.03. The molecule has 20 heavy (non-hydrogen) atoms. The van der Waals surface area contributed by atoms with Gasteiger partial charge in [-0.05, 0) is 37.5 Å². The lowest BCUT2D eigenvalue weighted by Crippen LogP contribution is -2.63. The van der Waals surface area contributed by atoms with Gasteiger partial charge in [0.05, 0.1) is 0 Å². The van der Waals surface area contributed by atoms with E-state index >= 15 is 0 Å². The zero-order valence-corrected chi connectivity index (χ0v) is 13.2. The first-order valence-electron chi connectivity index (χ1n) is 8.01. The number of nitrogens with zero attached hydrogens (tertiary/aromatic N) is 1. The third-order valence-electron chi connectivity index (χ3n) is 4.92. The largest absolute Gasteiger partial charge is 0.343 e. The lowest BCUT2D eigenvalue weighted by atomic mass is 9.94. The highest BCUT2D eigenvalue weighted by Crippen LogP contribution is 2.32. The quantitative estimate of drug-likeness (QED) is 0.858. The number of carbonyl (C=O) groups excluding carboxylic acids is 2. The van der Waals surface area contributed by atoms with Gasteiger partial charge in [-0.3, -0.25) is 9.59 Å². The summed E-state index contributed by atoms with van der Waals surface area (Å²) in [6, 6.07) is -0.644. The van der Waals surface area contributed by atoms with E-state index in [1.54, 1.807) is 0 Å². The first-order chi connectivity index (χ1) is 9.40. The fourth-order valence-corrected chi connectivity index (χ4v) is 3.51. The first kappa shape index (κ1) is 15.3. The Labute approximate surface area is 122 Å². The van der Waals surface area contributed by atoms with Crippen molar-refractivity contribution in [1.82, 2.24) is 10.2 Å². The average molecular weight is 280 g/mol. The van der Waals surface area contributed by atoms with Crippen molar-refractivity contribution in [2.45, 2.75) is 65.5 Å². The molecule has 2 rings (SSSR count). The van der Waals surface area contributed by atoms with Gasteiger partial charge in [0.25, 0.3) is 0 Å². The summed E-state index contributed by atoms with van der Waals surface area (Å²) < 4.78 is 0. The molecule has 4 atom stereocenters. The summed E-state index contributed by atoms with van der Waals surface area (Å²) in [5.41, 5.74) is 0. The topological polar surface area (TPSA) is 49.4 Å². The monoisotopic (exact) mass is 280 g/mol. The van der Waals surface area contributed by atoms with Crippen LogP contribution in [0, 0.1) is 17.8 Å². The molecule has 0 aromatic carbocycles. The number of carbonyl (C=O) groups is 2. The van der Waals surface area contributed by atoms with Gasteiger partial charge in [-0.1, -0.05) is 33.6 Å². The van der Waals surface area contributed by atoms with Gasteiger partial charge in [0, 0.05) is 6.54 Å². The van der Waals surface area contributed by atoms with E-state index in [0.717, 1.165) is 13.0 Å². The molecule has 0 spiro atoms. The van der Waals surface area contributed by atoms with Crippen LogP contribution in [-0.4, -0.2) is 35.3 Å². The lowest BCUT2D eigenvalue weighted by molar-refractivity contribution is -0.149. The van der Waals surface area contributed by atoms with Crippen LogP contribution >= 0.6 is 0 Å². The molecular weight excluding hydrogens is 252 g/mol. The predicted octanol–water partition coefficient (Wildman–Crippen LogP) is 2.18. The van der Waals surface area contributed by atoms with E-state index in [4.69, 9.17) is 0 Å². The fourth-order valence-electron chi connectivity index (χ4n) is 3.51. The number of rotatable bonds is 4. The summed E-state index contributed by atoms with van der Waals surface area (Å²) in [6.45, 7) is 9.03. The molecular formula is C16H28N2O2. The maximum Gasteiger partial charge on any atom is 0.245 e. The first-order valence-corrected chi connectivity index (χ1v) is 8.01. The van der Waals surface area contributed by atoms with Gasteiger partial charge in [-0.25, -0.2) is 0 Å². The van der Waals surface area contributed by atoms with Crippen molar-refractivity contribution in [2.75, 3.05) is 6.54 Å². The van der Waals surface area contributed by atoms with Crippen molar-refractivity contribution in [3.8, 4) is 0 Å². The predicted molar refractivity (Wildman–Crippen MR) is 79.1 cm³/mol. The summed E-state index contributed by atoms with van der Waals surface area (Å²) in [7, 11) is 0. The normalized spacial score (nSPS) is 34.8. The Balaban J connectivity index is 2.07. The standard InChI is InChI=1S/C16H28N2O2/c1-10(2)8-14-16(20)18(12(4)15(19)17-14)9-13-7-5-6-11(13)3/h10-14H,5-9H2,1-4H3,(H,17,19). The Morgan fingerprint density at radius 3 is 2.50 bits per heavy atom. The van der Waals surface area contributed by atoms with Crippen LogP contribution in [0.25, 0.3) is 0 Å². The SMILES string of the molecule is CC(C)CC1NC(=O)C(C)N(CC2CCCC2C)C1=O. The zero-order valence-electron chi connectivity index (χ0n) is 13.2. The highest BCUT2D eigenvalue weighted by Gasteiger charge is 2.40. The number of hydrogen-bond donors (Lipinski definition) is 1. The van der Waals surface area contributed by atoms with Crippen LogP contribution in [-0.2, 0) is 9.59 Å². The smallest absolute Gasteiger partial charge is 0.245 e. The molecule has 1 saturated heterocycles. The van der Waals surface area contributed by atoms with Crippen LogP contribution in [0.15, 0.2) is 0 Å². The fraction of sp³-hybridized carbons (Fsp3) is 0.875. The van der Waals surface area contributed by atoms with E-state index in [1.807, 2.05) is 11.8 Å². The Morgan fingerprint density at radius 2 is 1.95 bits per heavy atom. The molecule has 1 heterocycles. The van der Waals surface area contributed by atoms with Crippen LogP contribution in [0.5, 0.6) is 0 Å². The molecule has 4 unspecified atom stereocenters. The van der Waals surface area contributed by atoms with Crippen LogP contribution in [0.2, 0.25) is 0 Å². The molecule has 0 aromatic rings. The Hall–Kier alpha value is -1.06. The van der Waals surface area contributed by atoms with Crippen molar-refractivity contribution in [2.24, 2.45) is 17.8 Å². The summed E-state index contributed by atoms with van der Waals surface area (Å²) in [6.07, 6.45) is 4.43. The minimum atomic E-state index is -0.324. The third-order valence-corrected chi connectivity index (χ3v) is 4.92. The molecule has 2 amide bonds. The maximum absolute atomic E-state index is 12.6. The van der Waals surface area contributed by atoms with Crippen molar-refractivity contribution < 1.29 is 9.59 Å². The van der Waals surface area contributed by atoms with Crippen LogP contribution in [0.3, 0.4) is 0 Å². The Morgan fingerprint density at radius 1 is 1.25 bits per heavy atom. The molecule has 1 N–H and O–H groups in total. The number of piperazine rings is 1. The van der Waals surface area contributed by atoms with Gasteiger partial charge in [-0.15, -0.1) is 0 Å². The molecule has 2 aliphatic rings. The average Bonchev–Trinajstić information content (AvgIpc) is 2.77. The van der Waals surface area contributed by atoms with Gasteiger partial charge < -0.3 is 10.2 Å². The Kier molecular flexibility index (Phi) is 4.71. The lowest BCUT2D eigenvalue weighted by Gasteiger charge is -2.39. The van der Waals surface area contributed by atoms with Gasteiger partial charge >= 0.3 is 0 Å². The highest BCUT2D eigenvalue weighted by molar-refractivity contribution is 5.96. The molecule has 114 valence electrons. The number of nitrogens with one attached hydrogen (secondary N) is 1. The van der Waals surface area contributed by atoms with E-state index in [2.05, 4.69) is 26.1 Å². The molecule has 1 aliphatic carbocycles. The zero-order chi connectivity index (χ0) is 14.9. The molecule has 0 aromatic heterocycles. The summed E-state index contributed by atoms with van der Waals surface area (Å²) in [5, 5.41) is 2.88. The highest BCUT2D eigenvalue weighted by atomic mass is 16.2. The molecule has 2 fully saturated rings. The van der Waals surface area contributed by atoms with Crippen molar-refractivity contribution in [3.05, 3.63) is 0 Å². The van der Waals surface area contributed by atoms with Crippen LogP contribution in [0.1, 0.15) is 53.4 Å². The summed E-state index contributed by atoms with van der Waals surface area (Å²) in [5.74, 6) is 1.76. The molecule has 1 saturated carbocycles. The van der Waals surface area contributed by atoms with E-state index in [9.17, 15) is 9.59 Å². The molecule has 0 bridgehead atoms. The van der Waals surface area contributed by atoms with Crippen molar-refractivity contribution in [3.63, 3.8) is 0 Å². The minimum absolute atomic E-state index is 0.000833. The van der Waals surface area contributed by atoms with Gasteiger partial charge in [-0.2, -0.15) is 0 Å². The molecule has 0 radical (unpaired) electrons. The number of hydrogen-bond acceptors (Lipinski definition) is 2. The van der Waals surface area contributed by atoms with Gasteiger partial charge in [0.1, 0.15) is 12.1 Å². The van der Waals surface area contributed by atoms with Gasteiger partial charge in [0.15, 0.2) is 0 Å². The molecule has 4 heteroatoms. The molecule has 1 aliphatic heterocycles. The summed E-state index contributed by atoms with van der Waals surface area (Å²) >= 11 is 0. The number of amides is 2. The second-order valence-corrected chi connectivity index (χ2v) is 7.03. The minimum Gasteiger partial charge on any atom is -0.343 e. The van der Waals surface area contributed by atoms with Crippen LogP contribution in [0.4, 0.5) is 0 Å². The third kappa shape index (κ3) is 3.15. The van der Waals surface area contributed by atoms with E-state index < -0.39 is 0 Å². The second kappa shape index (κ2) is 6.15. The van der Waals surface area contributed by atoms with Gasteiger partial charge in [0.2, 0.25) is 11.8 Å². The van der Waals surface area contributed by atoms with E-state index in [0.29, 0.717) is 17.8 Å². The molecule has 4 nitrogen and oxygen atoms in total. The van der Waals surface area contributed by atoms with E-state index in [1.165, 1.54) is 19.3 Å². The maximum atomic E-state index is 12.6. The van der Waals surface area contributed by atoms with Crippen molar-refractivity contribution in [1.29, 1.82) is 0 Å². The van der Waals surface area contributed by atoms with Crippen LogP contribution < -0.4 is 5.32 Å². The van der Waals surface area contributed by atoms with Crippen molar-refractivity contribution >= 4 is 11.8 Å². The van der Waals surface area contributed by atoms with E-state index in [-0.39, 0.29) is 23.9 Å².